The normalized spacial score (nSPS) is 17.8. The third-order valence-electron chi connectivity index (χ3n) is 3.73. The van der Waals surface area contributed by atoms with Gasteiger partial charge in [-0.1, -0.05) is 6.07 Å². The van der Waals surface area contributed by atoms with E-state index in [-0.39, 0.29) is 12.0 Å². The zero-order chi connectivity index (χ0) is 16.2. The van der Waals surface area contributed by atoms with Gasteiger partial charge in [0.2, 0.25) is 0 Å². The summed E-state index contributed by atoms with van der Waals surface area (Å²) in [5.74, 6) is 0.909. The minimum absolute atomic E-state index is 0.0698. The van der Waals surface area contributed by atoms with Crippen LogP contribution >= 0.6 is 0 Å². The minimum Gasteiger partial charge on any atom is -0.497 e. The fourth-order valence-electron chi connectivity index (χ4n) is 2.55. The molecule has 1 aromatic heterocycles. The van der Waals surface area contributed by atoms with Crippen LogP contribution in [0.15, 0.2) is 36.7 Å². The van der Waals surface area contributed by atoms with Gasteiger partial charge in [0.15, 0.2) is 0 Å². The number of hydrogen-bond donors (Lipinski definition) is 1. The monoisotopic (exact) mass is 314 g/mol. The van der Waals surface area contributed by atoms with Crippen molar-refractivity contribution in [2.45, 2.75) is 6.10 Å². The second-order valence-electron chi connectivity index (χ2n) is 5.17. The predicted octanol–water partition coefficient (Wildman–Crippen LogP) is 1.28. The first-order valence-electron chi connectivity index (χ1n) is 7.30. The number of methoxy groups -OCH3 is 1. The zero-order valence-electron chi connectivity index (χ0n) is 12.8. The fourth-order valence-corrected chi connectivity index (χ4v) is 2.55. The Bertz CT molecular complexity index is 707. The molecule has 1 aliphatic rings. The molecule has 1 atom stereocenters. The Morgan fingerprint density at radius 2 is 2.22 bits per heavy atom. The lowest BCUT2D eigenvalue weighted by molar-refractivity contribution is -0.0245. The van der Waals surface area contributed by atoms with Crippen LogP contribution in [0.3, 0.4) is 0 Å². The molecule has 3 rings (SSSR count). The number of rotatable bonds is 3. The van der Waals surface area contributed by atoms with E-state index in [1.54, 1.807) is 42.5 Å². The summed E-state index contributed by atoms with van der Waals surface area (Å²) >= 11 is 0. The Kier molecular flexibility index (Phi) is 4.38. The summed E-state index contributed by atoms with van der Waals surface area (Å²) < 4.78 is 10.9. The summed E-state index contributed by atoms with van der Waals surface area (Å²) in [5.41, 5.74) is 6.99. The number of carbonyl (C=O) groups is 1. The SMILES string of the molecule is COc1cccc(C(=O)N2CCO[C@H](c3nccnc3N)C2)c1. The summed E-state index contributed by atoms with van der Waals surface area (Å²) in [6.45, 7) is 1.34. The van der Waals surface area contributed by atoms with Gasteiger partial charge in [0.05, 0.1) is 20.3 Å². The first kappa shape index (κ1) is 15.2. The maximum Gasteiger partial charge on any atom is 0.254 e. The summed E-state index contributed by atoms with van der Waals surface area (Å²) in [7, 11) is 1.57. The molecule has 7 heteroatoms. The van der Waals surface area contributed by atoms with Crippen LogP contribution in [0.2, 0.25) is 0 Å². The van der Waals surface area contributed by atoms with E-state index in [1.807, 2.05) is 0 Å². The van der Waals surface area contributed by atoms with Crippen molar-refractivity contribution in [1.29, 1.82) is 0 Å². The van der Waals surface area contributed by atoms with Crippen LogP contribution in [0.5, 0.6) is 5.75 Å². The van der Waals surface area contributed by atoms with Crippen molar-refractivity contribution in [1.82, 2.24) is 14.9 Å². The van der Waals surface area contributed by atoms with Gasteiger partial charge in [-0.2, -0.15) is 0 Å². The molecule has 1 aromatic carbocycles. The quantitative estimate of drug-likeness (QED) is 0.918. The molecule has 0 saturated carbocycles. The van der Waals surface area contributed by atoms with E-state index in [1.165, 1.54) is 6.20 Å². The average Bonchev–Trinajstić information content (AvgIpc) is 2.61. The number of nitrogens with zero attached hydrogens (tertiary/aromatic N) is 3. The van der Waals surface area contributed by atoms with Crippen LogP contribution in [-0.4, -0.2) is 47.6 Å². The van der Waals surface area contributed by atoms with Crippen molar-refractivity contribution in [2.75, 3.05) is 32.5 Å². The highest BCUT2D eigenvalue weighted by atomic mass is 16.5. The molecule has 0 bridgehead atoms. The van der Waals surface area contributed by atoms with E-state index in [2.05, 4.69) is 9.97 Å². The molecular weight excluding hydrogens is 296 g/mol. The highest BCUT2D eigenvalue weighted by Gasteiger charge is 2.28. The van der Waals surface area contributed by atoms with Gasteiger partial charge in [-0.25, -0.2) is 4.98 Å². The molecule has 0 radical (unpaired) electrons. The Morgan fingerprint density at radius 3 is 3.00 bits per heavy atom. The van der Waals surface area contributed by atoms with Gasteiger partial charge in [-0.05, 0) is 18.2 Å². The number of ether oxygens (including phenoxy) is 2. The molecule has 2 N–H and O–H groups in total. The van der Waals surface area contributed by atoms with Crippen molar-refractivity contribution in [3.8, 4) is 5.75 Å². The van der Waals surface area contributed by atoms with Crippen LogP contribution in [0, 0.1) is 0 Å². The van der Waals surface area contributed by atoms with E-state index < -0.39 is 0 Å². The van der Waals surface area contributed by atoms with E-state index in [0.717, 1.165) is 0 Å². The molecule has 1 saturated heterocycles. The molecule has 0 spiro atoms. The van der Waals surface area contributed by atoms with Gasteiger partial charge in [0.25, 0.3) is 5.91 Å². The van der Waals surface area contributed by atoms with Gasteiger partial charge in [0, 0.05) is 24.5 Å². The summed E-state index contributed by atoms with van der Waals surface area (Å²) in [6, 6.07) is 7.10. The Hall–Kier alpha value is -2.67. The number of morpholine rings is 1. The molecule has 1 aliphatic heterocycles. The molecule has 0 unspecified atom stereocenters. The minimum atomic E-state index is -0.369. The van der Waals surface area contributed by atoms with E-state index in [4.69, 9.17) is 15.2 Å². The van der Waals surface area contributed by atoms with E-state index in [9.17, 15) is 4.79 Å². The second kappa shape index (κ2) is 6.62. The summed E-state index contributed by atoms with van der Waals surface area (Å²) in [4.78, 5) is 22.7. The van der Waals surface area contributed by atoms with Gasteiger partial charge in [-0.3, -0.25) is 9.78 Å². The molecule has 23 heavy (non-hydrogen) atoms. The highest BCUT2D eigenvalue weighted by molar-refractivity contribution is 5.94. The Labute approximate surface area is 134 Å². The summed E-state index contributed by atoms with van der Waals surface area (Å²) in [5, 5.41) is 0. The molecule has 1 fully saturated rings. The van der Waals surface area contributed by atoms with E-state index >= 15 is 0 Å². The Balaban J connectivity index is 1.78. The highest BCUT2D eigenvalue weighted by Crippen LogP contribution is 2.25. The van der Waals surface area contributed by atoms with Gasteiger partial charge in [-0.15, -0.1) is 0 Å². The maximum absolute atomic E-state index is 12.7. The Morgan fingerprint density at radius 1 is 1.39 bits per heavy atom. The number of anilines is 1. The first-order valence-corrected chi connectivity index (χ1v) is 7.30. The lowest BCUT2D eigenvalue weighted by Gasteiger charge is -2.33. The van der Waals surface area contributed by atoms with Gasteiger partial charge < -0.3 is 20.1 Å². The largest absolute Gasteiger partial charge is 0.497 e. The van der Waals surface area contributed by atoms with Crippen molar-refractivity contribution >= 4 is 11.7 Å². The number of benzene rings is 1. The van der Waals surface area contributed by atoms with Crippen LogP contribution < -0.4 is 10.5 Å². The lowest BCUT2D eigenvalue weighted by atomic mass is 10.1. The van der Waals surface area contributed by atoms with Crippen LogP contribution in [-0.2, 0) is 4.74 Å². The van der Waals surface area contributed by atoms with Crippen molar-refractivity contribution < 1.29 is 14.3 Å². The maximum atomic E-state index is 12.7. The number of nitrogens with two attached hydrogens (primary N) is 1. The van der Waals surface area contributed by atoms with Crippen molar-refractivity contribution in [2.24, 2.45) is 0 Å². The number of carbonyl (C=O) groups excluding carboxylic acids is 1. The zero-order valence-corrected chi connectivity index (χ0v) is 12.8. The number of nitrogen functional groups attached to an aromatic ring is 1. The molecule has 0 aliphatic carbocycles. The molecular formula is C16H18N4O3. The number of hydrogen-bond acceptors (Lipinski definition) is 6. The van der Waals surface area contributed by atoms with Crippen molar-refractivity contribution in [3.05, 3.63) is 47.9 Å². The molecule has 2 heterocycles. The fraction of sp³-hybridized carbons (Fsp3) is 0.312. The van der Waals surface area contributed by atoms with Crippen LogP contribution in [0.1, 0.15) is 22.2 Å². The third kappa shape index (κ3) is 3.24. The average molecular weight is 314 g/mol. The smallest absolute Gasteiger partial charge is 0.254 e. The lowest BCUT2D eigenvalue weighted by Crippen LogP contribution is -2.42. The topological polar surface area (TPSA) is 90.6 Å². The van der Waals surface area contributed by atoms with Gasteiger partial charge >= 0.3 is 0 Å². The predicted molar refractivity (Wildman–Crippen MR) is 84.0 cm³/mol. The third-order valence-corrected chi connectivity index (χ3v) is 3.73. The molecule has 1 amide bonds. The number of amides is 1. The van der Waals surface area contributed by atoms with E-state index in [0.29, 0.717) is 42.5 Å². The first-order chi connectivity index (χ1) is 11.2. The van der Waals surface area contributed by atoms with Gasteiger partial charge in [0.1, 0.15) is 23.4 Å². The van der Waals surface area contributed by atoms with Crippen molar-refractivity contribution in [3.63, 3.8) is 0 Å². The van der Waals surface area contributed by atoms with Crippen LogP contribution in [0.25, 0.3) is 0 Å². The summed E-state index contributed by atoms with van der Waals surface area (Å²) in [6.07, 6.45) is 2.73. The second-order valence-corrected chi connectivity index (χ2v) is 5.17. The molecule has 120 valence electrons. The molecule has 7 nitrogen and oxygen atoms in total. The number of aromatic nitrogens is 2. The van der Waals surface area contributed by atoms with Crippen LogP contribution in [0.4, 0.5) is 5.82 Å². The standard InChI is InChI=1S/C16H18N4O3/c1-22-12-4-2-3-11(9-12)16(21)20-7-8-23-13(10-20)14-15(17)19-6-5-18-14/h2-6,9,13H,7-8,10H2,1H3,(H2,17,19)/t13-/m0/s1. The molecule has 2 aromatic rings.